The number of thiophene rings is 1. The normalized spacial score (nSPS) is 16.6. The van der Waals surface area contributed by atoms with Crippen LogP contribution in [0.3, 0.4) is 0 Å². The van der Waals surface area contributed by atoms with Gasteiger partial charge in [-0.15, -0.1) is 11.3 Å². The second kappa shape index (κ2) is 5.42. The average Bonchev–Trinajstić information content (AvgIpc) is 2.90. The molecule has 1 amide bonds. The van der Waals surface area contributed by atoms with Crippen molar-refractivity contribution in [2.24, 2.45) is 0 Å². The molecule has 2 aromatic rings. The van der Waals surface area contributed by atoms with Crippen LogP contribution in [0.5, 0.6) is 5.75 Å². The summed E-state index contributed by atoms with van der Waals surface area (Å²) in [6, 6.07) is 7.91. The maximum Gasteiger partial charge on any atom is 0.264 e. The Morgan fingerprint density at radius 2 is 1.95 bits per heavy atom. The topological polar surface area (TPSA) is 32.8 Å². The highest BCUT2D eigenvalue weighted by atomic mass is 32.1. The van der Waals surface area contributed by atoms with E-state index in [1.807, 2.05) is 29.2 Å². The lowest BCUT2D eigenvalue weighted by Crippen LogP contribution is -2.46. The standard InChI is InChI=1S/C15H18N2O2S/c1-16-5-7-17(8-6-16)15(18)14-9-11-3-4-12(19-2)10-13(11)20-14/h3-4,9-10H,5-8H2,1-2H3. The van der Waals surface area contributed by atoms with Gasteiger partial charge in [-0.25, -0.2) is 0 Å². The number of hydrogen-bond acceptors (Lipinski definition) is 4. The molecule has 0 unspecified atom stereocenters. The monoisotopic (exact) mass is 290 g/mol. The molecular weight excluding hydrogens is 272 g/mol. The van der Waals surface area contributed by atoms with Gasteiger partial charge in [-0.05, 0) is 36.7 Å². The molecule has 0 aliphatic carbocycles. The van der Waals surface area contributed by atoms with Crippen molar-refractivity contribution in [1.29, 1.82) is 0 Å². The summed E-state index contributed by atoms with van der Waals surface area (Å²) in [5.74, 6) is 0.983. The van der Waals surface area contributed by atoms with Gasteiger partial charge >= 0.3 is 0 Å². The van der Waals surface area contributed by atoms with E-state index in [1.54, 1.807) is 18.4 Å². The number of ether oxygens (including phenoxy) is 1. The third-order valence-corrected chi connectivity index (χ3v) is 4.81. The van der Waals surface area contributed by atoms with Crippen molar-refractivity contribution in [3.05, 3.63) is 29.1 Å². The van der Waals surface area contributed by atoms with Crippen LogP contribution in [-0.4, -0.2) is 56.0 Å². The van der Waals surface area contributed by atoms with Crippen molar-refractivity contribution in [3.8, 4) is 5.75 Å². The van der Waals surface area contributed by atoms with E-state index in [9.17, 15) is 4.79 Å². The van der Waals surface area contributed by atoms with Crippen LogP contribution in [0.1, 0.15) is 9.67 Å². The highest BCUT2D eigenvalue weighted by molar-refractivity contribution is 7.20. The Hall–Kier alpha value is -1.59. The third kappa shape index (κ3) is 2.51. The highest BCUT2D eigenvalue weighted by Crippen LogP contribution is 2.30. The van der Waals surface area contributed by atoms with E-state index in [2.05, 4.69) is 11.9 Å². The Labute approximate surface area is 122 Å². The van der Waals surface area contributed by atoms with Gasteiger partial charge in [0.2, 0.25) is 0 Å². The molecule has 0 radical (unpaired) electrons. The van der Waals surface area contributed by atoms with Gasteiger partial charge in [-0.2, -0.15) is 0 Å². The number of methoxy groups -OCH3 is 1. The Bertz CT molecular complexity index is 630. The zero-order chi connectivity index (χ0) is 14.1. The number of amides is 1. The molecule has 2 heterocycles. The first-order valence-electron chi connectivity index (χ1n) is 6.73. The second-order valence-electron chi connectivity index (χ2n) is 5.11. The highest BCUT2D eigenvalue weighted by Gasteiger charge is 2.21. The van der Waals surface area contributed by atoms with E-state index in [0.717, 1.165) is 46.9 Å². The summed E-state index contributed by atoms with van der Waals surface area (Å²) in [6.07, 6.45) is 0. The number of rotatable bonds is 2. The molecule has 1 saturated heterocycles. The van der Waals surface area contributed by atoms with Crippen LogP contribution in [0, 0.1) is 0 Å². The number of fused-ring (bicyclic) bond motifs is 1. The average molecular weight is 290 g/mol. The number of nitrogens with zero attached hydrogens (tertiary/aromatic N) is 2. The summed E-state index contributed by atoms with van der Waals surface area (Å²) in [4.78, 5) is 17.5. The minimum Gasteiger partial charge on any atom is -0.497 e. The van der Waals surface area contributed by atoms with Crippen LogP contribution >= 0.6 is 11.3 Å². The number of carbonyl (C=O) groups is 1. The summed E-state index contributed by atoms with van der Waals surface area (Å²) >= 11 is 1.54. The van der Waals surface area contributed by atoms with E-state index in [1.165, 1.54) is 0 Å². The van der Waals surface area contributed by atoms with E-state index >= 15 is 0 Å². The molecule has 106 valence electrons. The van der Waals surface area contributed by atoms with Crippen LogP contribution in [-0.2, 0) is 0 Å². The molecule has 0 spiro atoms. The minimum absolute atomic E-state index is 0.151. The van der Waals surface area contributed by atoms with Gasteiger partial charge in [-0.1, -0.05) is 0 Å². The van der Waals surface area contributed by atoms with E-state index in [4.69, 9.17) is 4.74 Å². The Balaban J connectivity index is 1.84. The molecule has 1 aromatic carbocycles. The summed E-state index contributed by atoms with van der Waals surface area (Å²) < 4.78 is 6.32. The van der Waals surface area contributed by atoms with E-state index < -0.39 is 0 Å². The zero-order valence-electron chi connectivity index (χ0n) is 11.8. The Morgan fingerprint density at radius 1 is 1.20 bits per heavy atom. The fourth-order valence-corrected chi connectivity index (χ4v) is 3.47. The van der Waals surface area contributed by atoms with Crippen LogP contribution in [0.25, 0.3) is 10.1 Å². The fraction of sp³-hybridized carbons (Fsp3) is 0.400. The zero-order valence-corrected chi connectivity index (χ0v) is 12.6. The van der Waals surface area contributed by atoms with Gasteiger partial charge in [0.05, 0.1) is 12.0 Å². The molecule has 5 heteroatoms. The molecule has 4 nitrogen and oxygen atoms in total. The summed E-state index contributed by atoms with van der Waals surface area (Å²) in [7, 11) is 3.75. The number of hydrogen-bond donors (Lipinski definition) is 0. The van der Waals surface area contributed by atoms with Crippen molar-refractivity contribution in [2.75, 3.05) is 40.3 Å². The van der Waals surface area contributed by atoms with Crippen LogP contribution < -0.4 is 4.74 Å². The maximum absolute atomic E-state index is 12.5. The molecule has 0 atom stereocenters. The predicted octanol–water partition coefficient (Wildman–Crippen LogP) is 2.30. The van der Waals surface area contributed by atoms with E-state index in [-0.39, 0.29) is 5.91 Å². The Morgan fingerprint density at radius 3 is 2.65 bits per heavy atom. The van der Waals surface area contributed by atoms with Crippen molar-refractivity contribution in [3.63, 3.8) is 0 Å². The molecular formula is C15H18N2O2S. The molecule has 20 heavy (non-hydrogen) atoms. The number of likely N-dealkylation sites (N-methyl/N-ethyl adjacent to an activating group) is 1. The SMILES string of the molecule is COc1ccc2cc(C(=O)N3CCN(C)CC3)sc2c1. The molecule has 0 saturated carbocycles. The summed E-state index contributed by atoms with van der Waals surface area (Å²) in [6.45, 7) is 3.52. The molecule has 1 aliphatic rings. The van der Waals surface area contributed by atoms with Gasteiger partial charge < -0.3 is 14.5 Å². The van der Waals surface area contributed by atoms with Crippen molar-refractivity contribution in [2.45, 2.75) is 0 Å². The van der Waals surface area contributed by atoms with Crippen molar-refractivity contribution < 1.29 is 9.53 Å². The second-order valence-corrected chi connectivity index (χ2v) is 6.19. The van der Waals surface area contributed by atoms with Crippen LogP contribution in [0.4, 0.5) is 0 Å². The molecule has 3 rings (SSSR count). The largest absolute Gasteiger partial charge is 0.497 e. The lowest BCUT2D eigenvalue weighted by atomic mass is 10.2. The quantitative estimate of drug-likeness (QED) is 0.851. The third-order valence-electron chi connectivity index (χ3n) is 3.73. The van der Waals surface area contributed by atoms with Gasteiger partial charge in [0.25, 0.3) is 5.91 Å². The van der Waals surface area contributed by atoms with Gasteiger partial charge in [0.1, 0.15) is 5.75 Å². The van der Waals surface area contributed by atoms with Crippen LogP contribution in [0.2, 0.25) is 0 Å². The van der Waals surface area contributed by atoms with Gasteiger partial charge in [0.15, 0.2) is 0 Å². The number of carbonyl (C=O) groups excluding carboxylic acids is 1. The number of benzene rings is 1. The molecule has 1 fully saturated rings. The maximum atomic E-state index is 12.5. The molecule has 0 bridgehead atoms. The van der Waals surface area contributed by atoms with Crippen molar-refractivity contribution >= 4 is 27.3 Å². The lowest BCUT2D eigenvalue weighted by Gasteiger charge is -2.32. The first-order valence-corrected chi connectivity index (χ1v) is 7.54. The fourth-order valence-electron chi connectivity index (χ4n) is 2.41. The lowest BCUT2D eigenvalue weighted by molar-refractivity contribution is 0.0669. The molecule has 1 aliphatic heterocycles. The molecule has 0 N–H and O–H groups in total. The molecule has 1 aromatic heterocycles. The predicted molar refractivity (Wildman–Crippen MR) is 81.8 cm³/mol. The summed E-state index contributed by atoms with van der Waals surface area (Å²) in [5, 5.41) is 1.10. The van der Waals surface area contributed by atoms with Crippen LogP contribution in [0.15, 0.2) is 24.3 Å². The van der Waals surface area contributed by atoms with Crippen molar-refractivity contribution in [1.82, 2.24) is 9.80 Å². The minimum atomic E-state index is 0.151. The van der Waals surface area contributed by atoms with Gasteiger partial charge in [-0.3, -0.25) is 4.79 Å². The first-order chi connectivity index (χ1) is 9.67. The number of piperazine rings is 1. The van der Waals surface area contributed by atoms with Gasteiger partial charge in [0, 0.05) is 30.9 Å². The smallest absolute Gasteiger partial charge is 0.264 e. The summed E-state index contributed by atoms with van der Waals surface area (Å²) in [5.41, 5.74) is 0. The first kappa shape index (κ1) is 13.4. The Kier molecular flexibility index (Phi) is 3.63. The van der Waals surface area contributed by atoms with E-state index in [0.29, 0.717) is 0 Å².